The molecule has 0 aromatic rings. The number of nitrogens with two attached hydrogens (primary N) is 1. The molecule has 0 aromatic heterocycles. The Hall–Kier alpha value is -0.220. The third-order valence-corrected chi connectivity index (χ3v) is 4.97. The molecule has 0 spiro atoms. The summed E-state index contributed by atoms with van der Waals surface area (Å²) < 4.78 is 0. The van der Waals surface area contributed by atoms with E-state index in [0.717, 1.165) is 12.2 Å². The number of carboxylic acid groups (broad SMARTS) is 1. The summed E-state index contributed by atoms with van der Waals surface area (Å²) in [7, 11) is 0. The summed E-state index contributed by atoms with van der Waals surface area (Å²) in [6.07, 6.45) is 2.08. The van der Waals surface area contributed by atoms with E-state index in [1.807, 2.05) is 11.8 Å². The highest BCUT2D eigenvalue weighted by atomic mass is 32.2. The SMILES string of the molecule is CCSC1CC(N)(C(=O)O)CCC1(C)C. The second-order valence-corrected chi connectivity index (χ2v) is 6.58. The summed E-state index contributed by atoms with van der Waals surface area (Å²) in [6, 6.07) is 0. The molecule has 88 valence electrons. The number of hydrogen-bond donors (Lipinski definition) is 2. The molecule has 0 amide bonds. The van der Waals surface area contributed by atoms with E-state index >= 15 is 0 Å². The summed E-state index contributed by atoms with van der Waals surface area (Å²) in [6.45, 7) is 6.53. The van der Waals surface area contributed by atoms with Crippen molar-refractivity contribution in [3.05, 3.63) is 0 Å². The van der Waals surface area contributed by atoms with Gasteiger partial charge in [-0.2, -0.15) is 11.8 Å². The zero-order chi connectivity index (χ0) is 11.7. The number of rotatable bonds is 3. The molecule has 0 bridgehead atoms. The van der Waals surface area contributed by atoms with Crippen molar-refractivity contribution in [2.24, 2.45) is 11.1 Å². The molecule has 0 saturated heterocycles. The first-order valence-corrected chi connectivity index (χ1v) is 6.50. The summed E-state index contributed by atoms with van der Waals surface area (Å²) >= 11 is 1.84. The van der Waals surface area contributed by atoms with Crippen molar-refractivity contribution in [1.82, 2.24) is 0 Å². The average Bonchev–Trinajstić information content (AvgIpc) is 2.12. The van der Waals surface area contributed by atoms with Crippen LogP contribution < -0.4 is 5.73 Å². The maximum atomic E-state index is 11.1. The lowest BCUT2D eigenvalue weighted by molar-refractivity contribution is -0.145. The van der Waals surface area contributed by atoms with E-state index in [0.29, 0.717) is 18.1 Å². The van der Waals surface area contributed by atoms with Gasteiger partial charge in [0, 0.05) is 5.25 Å². The van der Waals surface area contributed by atoms with Crippen LogP contribution in [0.15, 0.2) is 0 Å². The molecule has 1 aliphatic carbocycles. The third-order valence-electron chi connectivity index (χ3n) is 3.43. The fourth-order valence-corrected chi connectivity index (χ4v) is 3.48. The maximum Gasteiger partial charge on any atom is 0.323 e. The Morgan fingerprint density at radius 2 is 2.13 bits per heavy atom. The summed E-state index contributed by atoms with van der Waals surface area (Å²) in [5.74, 6) is 0.170. The van der Waals surface area contributed by atoms with Gasteiger partial charge in [0.2, 0.25) is 0 Å². The average molecular weight is 231 g/mol. The van der Waals surface area contributed by atoms with Crippen LogP contribution in [0.1, 0.15) is 40.0 Å². The maximum absolute atomic E-state index is 11.1. The van der Waals surface area contributed by atoms with E-state index in [2.05, 4.69) is 20.8 Å². The molecule has 3 nitrogen and oxygen atoms in total. The molecular weight excluding hydrogens is 210 g/mol. The Morgan fingerprint density at radius 1 is 1.53 bits per heavy atom. The van der Waals surface area contributed by atoms with Crippen molar-refractivity contribution in [2.45, 2.75) is 50.8 Å². The van der Waals surface area contributed by atoms with Crippen molar-refractivity contribution < 1.29 is 9.90 Å². The fraction of sp³-hybridized carbons (Fsp3) is 0.909. The predicted molar refractivity (Wildman–Crippen MR) is 64.1 cm³/mol. The van der Waals surface area contributed by atoms with Crippen molar-refractivity contribution in [3.8, 4) is 0 Å². The van der Waals surface area contributed by atoms with Crippen LogP contribution in [0, 0.1) is 5.41 Å². The number of carbonyl (C=O) groups is 1. The van der Waals surface area contributed by atoms with Gasteiger partial charge in [-0.15, -0.1) is 0 Å². The standard InChI is InChI=1S/C11H21NO2S/c1-4-15-8-7-11(12,9(13)14)6-5-10(8,2)3/h8H,4-7,12H2,1-3H3,(H,13,14). The zero-order valence-corrected chi connectivity index (χ0v) is 10.6. The number of thioether (sulfide) groups is 1. The van der Waals surface area contributed by atoms with Gasteiger partial charge in [-0.25, -0.2) is 0 Å². The topological polar surface area (TPSA) is 63.3 Å². The first-order valence-electron chi connectivity index (χ1n) is 5.46. The van der Waals surface area contributed by atoms with Gasteiger partial charge in [0.1, 0.15) is 5.54 Å². The normalized spacial score (nSPS) is 35.1. The molecule has 2 atom stereocenters. The molecular formula is C11H21NO2S. The van der Waals surface area contributed by atoms with Gasteiger partial charge in [0.25, 0.3) is 0 Å². The van der Waals surface area contributed by atoms with Crippen molar-refractivity contribution in [3.63, 3.8) is 0 Å². The highest BCUT2D eigenvalue weighted by Crippen LogP contribution is 2.45. The van der Waals surface area contributed by atoms with E-state index in [9.17, 15) is 4.79 Å². The van der Waals surface area contributed by atoms with Crippen molar-refractivity contribution in [2.75, 3.05) is 5.75 Å². The minimum Gasteiger partial charge on any atom is -0.480 e. The van der Waals surface area contributed by atoms with Crippen LogP contribution in [0.25, 0.3) is 0 Å². The van der Waals surface area contributed by atoms with E-state index in [4.69, 9.17) is 10.8 Å². The van der Waals surface area contributed by atoms with Crippen LogP contribution in [-0.2, 0) is 4.79 Å². The lowest BCUT2D eigenvalue weighted by atomic mass is 9.69. The second kappa shape index (κ2) is 4.34. The summed E-state index contributed by atoms with van der Waals surface area (Å²) in [5, 5.41) is 9.48. The summed E-state index contributed by atoms with van der Waals surface area (Å²) in [4.78, 5) is 11.1. The van der Waals surface area contributed by atoms with Crippen LogP contribution in [0.4, 0.5) is 0 Å². The van der Waals surface area contributed by atoms with Crippen LogP contribution in [0.3, 0.4) is 0 Å². The summed E-state index contributed by atoms with van der Waals surface area (Å²) in [5.41, 5.74) is 5.14. The molecule has 15 heavy (non-hydrogen) atoms. The molecule has 1 fully saturated rings. The number of aliphatic carboxylic acids is 1. The van der Waals surface area contributed by atoms with E-state index in [1.54, 1.807) is 0 Å². The highest BCUT2D eigenvalue weighted by Gasteiger charge is 2.46. The monoisotopic (exact) mass is 231 g/mol. The minimum absolute atomic E-state index is 0.207. The molecule has 0 aromatic carbocycles. The Balaban J connectivity index is 2.78. The van der Waals surface area contributed by atoms with Gasteiger partial charge in [-0.3, -0.25) is 4.79 Å². The minimum atomic E-state index is -0.998. The quantitative estimate of drug-likeness (QED) is 0.781. The number of carboxylic acids is 1. The van der Waals surface area contributed by atoms with Crippen LogP contribution in [0.2, 0.25) is 0 Å². The van der Waals surface area contributed by atoms with Gasteiger partial charge in [-0.1, -0.05) is 20.8 Å². The molecule has 3 N–H and O–H groups in total. The molecule has 0 radical (unpaired) electrons. The predicted octanol–water partition coefficient (Wildman–Crippen LogP) is 2.10. The molecule has 2 unspecified atom stereocenters. The molecule has 4 heteroatoms. The van der Waals surface area contributed by atoms with Crippen molar-refractivity contribution in [1.29, 1.82) is 0 Å². The molecule has 1 aliphatic rings. The Kier molecular flexibility index (Phi) is 3.71. The molecule has 0 aliphatic heterocycles. The zero-order valence-electron chi connectivity index (χ0n) is 9.75. The number of hydrogen-bond acceptors (Lipinski definition) is 3. The first-order chi connectivity index (χ1) is 6.82. The Morgan fingerprint density at radius 3 is 2.60 bits per heavy atom. The van der Waals surface area contributed by atoms with Crippen molar-refractivity contribution >= 4 is 17.7 Å². The van der Waals surface area contributed by atoms with E-state index < -0.39 is 11.5 Å². The van der Waals surface area contributed by atoms with Gasteiger partial charge >= 0.3 is 5.97 Å². The molecule has 0 heterocycles. The second-order valence-electron chi connectivity index (χ2n) is 5.10. The van der Waals surface area contributed by atoms with Crippen LogP contribution in [-0.4, -0.2) is 27.6 Å². The van der Waals surface area contributed by atoms with Gasteiger partial charge < -0.3 is 10.8 Å². The van der Waals surface area contributed by atoms with Gasteiger partial charge in [0.05, 0.1) is 0 Å². The Bertz CT molecular complexity index is 255. The smallest absolute Gasteiger partial charge is 0.323 e. The fourth-order valence-electron chi connectivity index (χ4n) is 2.10. The lowest BCUT2D eigenvalue weighted by Crippen LogP contribution is -2.55. The van der Waals surface area contributed by atoms with E-state index in [-0.39, 0.29) is 5.41 Å². The lowest BCUT2D eigenvalue weighted by Gasteiger charge is -2.44. The molecule has 1 rings (SSSR count). The molecule has 1 saturated carbocycles. The third kappa shape index (κ3) is 2.67. The van der Waals surface area contributed by atoms with Crippen LogP contribution in [0.5, 0.6) is 0 Å². The first kappa shape index (κ1) is 12.8. The van der Waals surface area contributed by atoms with E-state index in [1.165, 1.54) is 0 Å². The largest absolute Gasteiger partial charge is 0.480 e. The van der Waals surface area contributed by atoms with Gasteiger partial charge in [0.15, 0.2) is 0 Å². The van der Waals surface area contributed by atoms with Crippen LogP contribution >= 0.6 is 11.8 Å². The van der Waals surface area contributed by atoms with Gasteiger partial charge in [-0.05, 0) is 30.4 Å². The highest BCUT2D eigenvalue weighted by molar-refractivity contribution is 7.99. The Labute approximate surface area is 95.8 Å².